The Morgan fingerprint density at radius 2 is 1.73 bits per heavy atom. The average Bonchev–Trinajstić information content (AvgIpc) is 2.68. The van der Waals surface area contributed by atoms with Crippen LogP contribution in [-0.2, 0) is 6.42 Å². The Balaban J connectivity index is 1.99. The molecule has 3 N–H and O–H groups in total. The van der Waals surface area contributed by atoms with Crippen molar-refractivity contribution in [2.75, 3.05) is 39.8 Å². The summed E-state index contributed by atoms with van der Waals surface area (Å²) < 4.78 is 0. The minimum absolute atomic E-state index is 0.0510. The fourth-order valence-electron chi connectivity index (χ4n) is 3.54. The third-order valence-corrected chi connectivity index (χ3v) is 5.11. The lowest BCUT2D eigenvalue weighted by Gasteiger charge is -2.32. The van der Waals surface area contributed by atoms with Gasteiger partial charge in [0.2, 0.25) is 0 Å². The zero-order valence-corrected chi connectivity index (χ0v) is 16.3. The fourth-order valence-corrected chi connectivity index (χ4v) is 3.54. The van der Waals surface area contributed by atoms with Gasteiger partial charge in [-0.15, -0.1) is 0 Å². The second-order valence-corrected chi connectivity index (χ2v) is 7.15. The number of hydrogen-bond acceptors (Lipinski definition) is 3. The highest BCUT2D eigenvalue weighted by atomic mass is 16.2. The molecule has 1 aliphatic heterocycles. The van der Waals surface area contributed by atoms with E-state index in [4.69, 9.17) is 0 Å². The molecular formula is C21H36N4O. The van der Waals surface area contributed by atoms with Crippen molar-refractivity contribution in [3.8, 4) is 0 Å². The Morgan fingerprint density at radius 3 is 2.46 bits per heavy atom. The van der Waals surface area contributed by atoms with Crippen molar-refractivity contribution in [3.05, 3.63) is 35.9 Å². The molecule has 1 heterocycles. The van der Waals surface area contributed by atoms with Gasteiger partial charge in [0, 0.05) is 26.2 Å². The van der Waals surface area contributed by atoms with Gasteiger partial charge in [0.15, 0.2) is 0 Å². The Labute approximate surface area is 158 Å². The van der Waals surface area contributed by atoms with E-state index < -0.39 is 0 Å². The maximum absolute atomic E-state index is 12.5. The molecule has 1 aliphatic rings. The first-order chi connectivity index (χ1) is 12.8. The van der Waals surface area contributed by atoms with Crippen LogP contribution < -0.4 is 16.0 Å². The van der Waals surface area contributed by atoms with Crippen LogP contribution in [0, 0.1) is 0 Å². The summed E-state index contributed by atoms with van der Waals surface area (Å²) in [5.74, 6) is 0. The molecule has 1 unspecified atom stereocenters. The summed E-state index contributed by atoms with van der Waals surface area (Å²) in [4.78, 5) is 14.6. The number of hydrogen-bond donors (Lipinski definition) is 3. The second-order valence-electron chi connectivity index (χ2n) is 7.15. The van der Waals surface area contributed by atoms with Gasteiger partial charge in [0.05, 0.1) is 0 Å². The van der Waals surface area contributed by atoms with Crippen molar-refractivity contribution in [1.29, 1.82) is 0 Å². The number of aryl methyl sites for hydroxylation is 1. The maximum atomic E-state index is 12.5. The number of carbonyl (C=O) groups excluding carboxylic acids is 1. The Bertz CT molecular complexity index is 494. The summed E-state index contributed by atoms with van der Waals surface area (Å²) >= 11 is 0. The quantitative estimate of drug-likeness (QED) is 0.777. The standard InChI is InChI=1S/C21H36N4O/c1-22-21(26)25-17-9-3-6-14-23-15-7-8-16-24-18-20(25)13-12-19-10-4-2-5-11-19/h2,4-5,10-11,20,23-24H,3,6-9,12-18H2,1H3,(H,22,26). The topological polar surface area (TPSA) is 56.4 Å². The molecule has 5 nitrogen and oxygen atoms in total. The van der Waals surface area contributed by atoms with Crippen LogP contribution in [0.1, 0.15) is 44.1 Å². The molecular weight excluding hydrogens is 324 g/mol. The monoisotopic (exact) mass is 360 g/mol. The molecule has 1 aromatic carbocycles. The first-order valence-electron chi connectivity index (χ1n) is 10.2. The van der Waals surface area contributed by atoms with Gasteiger partial charge in [0.25, 0.3) is 0 Å². The van der Waals surface area contributed by atoms with Gasteiger partial charge in [0.1, 0.15) is 0 Å². The van der Waals surface area contributed by atoms with Crippen molar-refractivity contribution in [1.82, 2.24) is 20.9 Å². The highest BCUT2D eigenvalue weighted by Gasteiger charge is 2.22. The molecule has 0 saturated carbocycles. The first kappa shape index (κ1) is 20.7. The van der Waals surface area contributed by atoms with Gasteiger partial charge >= 0.3 is 6.03 Å². The molecule has 146 valence electrons. The predicted molar refractivity (Wildman–Crippen MR) is 109 cm³/mol. The number of amides is 2. The van der Waals surface area contributed by atoms with E-state index in [-0.39, 0.29) is 12.1 Å². The lowest BCUT2D eigenvalue weighted by Crippen LogP contribution is -2.50. The Hall–Kier alpha value is -1.59. The third-order valence-electron chi connectivity index (χ3n) is 5.11. The van der Waals surface area contributed by atoms with E-state index in [0.29, 0.717) is 0 Å². The summed E-state index contributed by atoms with van der Waals surface area (Å²) in [7, 11) is 1.74. The van der Waals surface area contributed by atoms with Crippen molar-refractivity contribution >= 4 is 6.03 Å². The SMILES string of the molecule is CNC(=O)N1CCCCCNCCCCNCC1CCc1ccccc1. The van der Waals surface area contributed by atoms with Crippen LogP contribution in [0.5, 0.6) is 0 Å². The second kappa shape index (κ2) is 12.7. The van der Waals surface area contributed by atoms with Gasteiger partial charge in [-0.05, 0) is 63.7 Å². The van der Waals surface area contributed by atoms with E-state index in [2.05, 4.69) is 51.2 Å². The predicted octanol–water partition coefficient (Wildman–Crippen LogP) is 2.77. The van der Waals surface area contributed by atoms with Crippen LogP contribution in [0.25, 0.3) is 0 Å². The van der Waals surface area contributed by atoms with Gasteiger partial charge in [-0.2, -0.15) is 0 Å². The largest absolute Gasteiger partial charge is 0.341 e. The van der Waals surface area contributed by atoms with Crippen LogP contribution in [0.2, 0.25) is 0 Å². The summed E-state index contributed by atoms with van der Waals surface area (Å²) in [6.07, 6.45) is 7.81. The number of carbonyl (C=O) groups is 1. The minimum Gasteiger partial charge on any atom is -0.341 e. The number of nitrogens with zero attached hydrogens (tertiary/aromatic N) is 1. The molecule has 0 aliphatic carbocycles. The van der Waals surface area contributed by atoms with Gasteiger partial charge in [-0.25, -0.2) is 4.79 Å². The normalized spacial score (nSPS) is 21.0. The summed E-state index contributed by atoms with van der Waals surface area (Å²) in [5, 5.41) is 9.94. The molecule has 1 aromatic rings. The van der Waals surface area contributed by atoms with E-state index in [1.165, 1.54) is 31.2 Å². The lowest BCUT2D eigenvalue weighted by atomic mass is 10.0. The molecule has 5 heteroatoms. The van der Waals surface area contributed by atoms with Crippen LogP contribution in [0.3, 0.4) is 0 Å². The van der Waals surface area contributed by atoms with E-state index in [9.17, 15) is 4.79 Å². The van der Waals surface area contributed by atoms with Crippen molar-refractivity contribution < 1.29 is 4.79 Å². The Morgan fingerprint density at radius 1 is 1.04 bits per heavy atom. The van der Waals surface area contributed by atoms with Crippen molar-refractivity contribution in [2.45, 2.75) is 51.0 Å². The van der Waals surface area contributed by atoms with E-state index >= 15 is 0 Å². The number of urea groups is 1. The van der Waals surface area contributed by atoms with Crippen LogP contribution in [0.15, 0.2) is 30.3 Å². The van der Waals surface area contributed by atoms with Crippen LogP contribution in [-0.4, -0.2) is 56.7 Å². The molecule has 26 heavy (non-hydrogen) atoms. The molecule has 1 fully saturated rings. The van der Waals surface area contributed by atoms with E-state index in [1.807, 2.05) is 0 Å². The zero-order chi connectivity index (χ0) is 18.5. The highest BCUT2D eigenvalue weighted by molar-refractivity contribution is 5.74. The van der Waals surface area contributed by atoms with Crippen LogP contribution >= 0.6 is 0 Å². The van der Waals surface area contributed by atoms with Gasteiger partial charge in [-0.1, -0.05) is 36.8 Å². The fraction of sp³-hybridized carbons (Fsp3) is 0.667. The zero-order valence-electron chi connectivity index (χ0n) is 16.3. The summed E-state index contributed by atoms with van der Waals surface area (Å²) in [5.41, 5.74) is 1.34. The molecule has 2 rings (SSSR count). The van der Waals surface area contributed by atoms with E-state index in [1.54, 1.807) is 7.05 Å². The van der Waals surface area contributed by atoms with E-state index in [0.717, 1.165) is 52.0 Å². The molecule has 2 amide bonds. The molecule has 1 atom stereocenters. The van der Waals surface area contributed by atoms with Gasteiger partial charge < -0.3 is 20.9 Å². The van der Waals surface area contributed by atoms with Gasteiger partial charge in [-0.3, -0.25) is 0 Å². The van der Waals surface area contributed by atoms with Crippen molar-refractivity contribution in [3.63, 3.8) is 0 Å². The average molecular weight is 361 g/mol. The Kier molecular flexibility index (Phi) is 10.1. The smallest absolute Gasteiger partial charge is 0.317 e. The molecule has 1 saturated heterocycles. The molecule has 0 spiro atoms. The lowest BCUT2D eigenvalue weighted by molar-refractivity contribution is 0.168. The summed E-state index contributed by atoms with van der Waals surface area (Å²) in [6, 6.07) is 10.9. The number of nitrogens with one attached hydrogen (secondary N) is 3. The maximum Gasteiger partial charge on any atom is 0.317 e. The third kappa shape index (κ3) is 7.75. The van der Waals surface area contributed by atoms with Crippen molar-refractivity contribution in [2.24, 2.45) is 0 Å². The summed E-state index contributed by atoms with van der Waals surface area (Å²) in [6.45, 7) is 4.92. The molecule has 0 radical (unpaired) electrons. The number of benzene rings is 1. The molecule has 0 bridgehead atoms. The minimum atomic E-state index is 0.0510. The first-order valence-corrected chi connectivity index (χ1v) is 10.2. The molecule has 0 aromatic heterocycles. The highest BCUT2D eigenvalue weighted by Crippen LogP contribution is 2.12. The number of rotatable bonds is 3. The van der Waals surface area contributed by atoms with Crippen LogP contribution in [0.4, 0.5) is 4.79 Å².